The summed E-state index contributed by atoms with van der Waals surface area (Å²) < 4.78 is 2.52. The summed E-state index contributed by atoms with van der Waals surface area (Å²) in [5, 5.41) is 6.09. The Morgan fingerprint density at radius 1 is 0.385 bits per heavy atom. The van der Waals surface area contributed by atoms with Crippen LogP contribution in [0.4, 0.5) is 17.1 Å². The molecule has 8 aromatic carbocycles. The monoisotopic (exact) mass is 680 g/mol. The summed E-state index contributed by atoms with van der Waals surface area (Å²) in [7, 11) is 0. The predicted octanol–water partition coefficient (Wildman–Crippen LogP) is 14.2. The van der Waals surface area contributed by atoms with E-state index in [0.717, 1.165) is 39.2 Å². The van der Waals surface area contributed by atoms with Crippen molar-refractivity contribution in [3.8, 4) is 33.5 Å². The third kappa shape index (κ3) is 5.14. The Bertz CT molecular complexity index is 2810. The average molecular weight is 681 g/mol. The SMILES string of the molecule is c1ccc(-c2cccc(N(c3cccc(-c4ccccc4)c3)c3cc4c(-c5ccccc5)nc5ccccc5c4c4c3sc3ccccc34)c2)cc1. The molecule has 0 radical (unpaired) electrons. The van der Waals surface area contributed by atoms with Crippen molar-refractivity contribution in [2.75, 3.05) is 4.90 Å². The minimum Gasteiger partial charge on any atom is -0.309 e. The van der Waals surface area contributed by atoms with E-state index in [2.05, 4.69) is 199 Å². The molecule has 0 saturated heterocycles. The lowest BCUT2D eigenvalue weighted by atomic mass is 9.94. The molecule has 0 aliphatic carbocycles. The summed E-state index contributed by atoms with van der Waals surface area (Å²) in [6, 6.07) is 69.7. The van der Waals surface area contributed by atoms with Crippen LogP contribution in [0.3, 0.4) is 0 Å². The van der Waals surface area contributed by atoms with Crippen molar-refractivity contribution in [1.29, 1.82) is 0 Å². The number of aromatic nitrogens is 1. The molecular formula is C49H32N2S. The summed E-state index contributed by atoms with van der Waals surface area (Å²) in [5.74, 6) is 0. The molecule has 3 heteroatoms. The number of benzene rings is 8. The smallest absolute Gasteiger partial charge is 0.0789 e. The number of nitrogens with zero attached hydrogens (tertiary/aromatic N) is 2. The molecule has 0 aliphatic rings. The number of para-hydroxylation sites is 1. The summed E-state index contributed by atoms with van der Waals surface area (Å²) in [6.07, 6.45) is 0. The van der Waals surface area contributed by atoms with E-state index in [1.165, 1.54) is 53.2 Å². The van der Waals surface area contributed by atoms with Crippen LogP contribution in [0.25, 0.3) is 75.4 Å². The van der Waals surface area contributed by atoms with Crippen LogP contribution in [0.5, 0.6) is 0 Å². The Hall–Kier alpha value is -6.55. The van der Waals surface area contributed by atoms with Crippen molar-refractivity contribution in [1.82, 2.24) is 4.98 Å². The van der Waals surface area contributed by atoms with Crippen LogP contribution in [0.15, 0.2) is 194 Å². The zero-order valence-electron chi connectivity index (χ0n) is 28.3. The van der Waals surface area contributed by atoms with Crippen LogP contribution in [0, 0.1) is 0 Å². The lowest BCUT2D eigenvalue weighted by Gasteiger charge is -2.28. The quantitative estimate of drug-likeness (QED) is 0.163. The highest BCUT2D eigenvalue weighted by Crippen LogP contribution is 2.51. The molecular weight excluding hydrogens is 649 g/mol. The first-order chi connectivity index (χ1) is 25.8. The number of fused-ring (bicyclic) bond motifs is 7. The Morgan fingerprint density at radius 3 is 1.54 bits per heavy atom. The average Bonchev–Trinajstić information content (AvgIpc) is 3.62. The van der Waals surface area contributed by atoms with Gasteiger partial charge >= 0.3 is 0 Å². The first kappa shape index (κ1) is 30.3. The van der Waals surface area contributed by atoms with Gasteiger partial charge in [0, 0.05) is 48.6 Å². The second kappa shape index (κ2) is 12.6. The Kier molecular flexibility index (Phi) is 7.37. The molecule has 0 bridgehead atoms. The van der Waals surface area contributed by atoms with Gasteiger partial charge in [0.05, 0.1) is 21.6 Å². The van der Waals surface area contributed by atoms with Crippen molar-refractivity contribution < 1.29 is 0 Å². The van der Waals surface area contributed by atoms with Gasteiger partial charge in [-0.2, -0.15) is 0 Å². The minimum atomic E-state index is 0.990. The van der Waals surface area contributed by atoms with Crippen molar-refractivity contribution in [2.24, 2.45) is 0 Å². The molecule has 0 fully saturated rings. The van der Waals surface area contributed by atoms with E-state index in [-0.39, 0.29) is 0 Å². The second-order valence-corrected chi connectivity index (χ2v) is 14.2. The maximum absolute atomic E-state index is 5.38. The van der Waals surface area contributed by atoms with E-state index >= 15 is 0 Å². The van der Waals surface area contributed by atoms with E-state index in [9.17, 15) is 0 Å². The third-order valence-electron chi connectivity index (χ3n) is 10.0. The van der Waals surface area contributed by atoms with Crippen molar-refractivity contribution in [3.05, 3.63) is 194 Å². The lowest BCUT2D eigenvalue weighted by Crippen LogP contribution is -2.11. The van der Waals surface area contributed by atoms with Gasteiger partial charge in [-0.25, -0.2) is 4.98 Å². The standard InChI is InChI=1S/C49H32N2S/c1-4-16-33(17-5-1)36-22-14-24-38(30-36)51(39-25-15-23-37(31-39)34-18-6-2-7-19-34)44-32-42-46(47-41-27-11-13-29-45(41)52-49(44)47)40-26-10-12-28-43(40)50-48(42)35-20-8-3-9-21-35/h1-32H. The number of anilines is 3. The maximum Gasteiger partial charge on any atom is 0.0789 e. The van der Waals surface area contributed by atoms with Gasteiger partial charge in [0.15, 0.2) is 0 Å². The van der Waals surface area contributed by atoms with Gasteiger partial charge in [-0.05, 0) is 64.7 Å². The molecule has 0 unspecified atom stereocenters. The van der Waals surface area contributed by atoms with Crippen molar-refractivity contribution in [2.45, 2.75) is 0 Å². The van der Waals surface area contributed by atoms with Crippen LogP contribution < -0.4 is 4.90 Å². The lowest BCUT2D eigenvalue weighted by molar-refractivity contribution is 1.30. The van der Waals surface area contributed by atoms with Crippen LogP contribution in [-0.4, -0.2) is 4.98 Å². The van der Waals surface area contributed by atoms with E-state index in [0.29, 0.717) is 0 Å². The third-order valence-corrected chi connectivity index (χ3v) is 11.2. The second-order valence-electron chi connectivity index (χ2n) is 13.1. The highest BCUT2D eigenvalue weighted by Gasteiger charge is 2.24. The molecule has 2 heterocycles. The first-order valence-electron chi connectivity index (χ1n) is 17.6. The number of hydrogen-bond acceptors (Lipinski definition) is 3. The van der Waals surface area contributed by atoms with Gasteiger partial charge in [0.1, 0.15) is 0 Å². The fourth-order valence-corrected chi connectivity index (χ4v) is 8.85. The van der Waals surface area contributed by atoms with E-state index in [4.69, 9.17) is 4.98 Å². The Morgan fingerprint density at radius 2 is 0.904 bits per heavy atom. The molecule has 10 aromatic rings. The number of rotatable bonds is 6. The van der Waals surface area contributed by atoms with E-state index in [1.54, 1.807) is 0 Å². The van der Waals surface area contributed by atoms with Crippen LogP contribution >= 0.6 is 11.3 Å². The molecule has 0 atom stereocenters. The molecule has 52 heavy (non-hydrogen) atoms. The zero-order valence-corrected chi connectivity index (χ0v) is 29.1. The molecule has 2 aromatic heterocycles. The fourth-order valence-electron chi connectivity index (χ4n) is 7.63. The van der Waals surface area contributed by atoms with Gasteiger partial charge in [-0.1, -0.05) is 152 Å². The Labute approximate surface area is 306 Å². The van der Waals surface area contributed by atoms with Gasteiger partial charge in [-0.15, -0.1) is 11.3 Å². The molecule has 0 spiro atoms. The summed E-state index contributed by atoms with van der Waals surface area (Å²) in [4.78, 5) is 7.84. The predicted molar refractivity (Wildman–Crippen MR) is 223 cm³/mol. The number of thiophene rings is 1. The first-order valence-corrected chi connectivity index (χ1v) is 18.4. The van der Waals surface area contributed by atoms with Gasteiger partial charge in [-0.3, -0.25) is 0 Å². The van der Waals surface area contributed by atoms with Gasteiger partial charge < -0.3 is 4.90 Å². The van der Waals surface area contributed by atoms with E-state index in [1.807, 2.05) is 11.3 Å². The Balaban J connectivity index is 1.35. The minimum absolute atomic E-state index is 0.990. The van der Waals surface area contributed by atoms with Crippen molar-refractivity contribution >= 4 is 70.2 Å². The molecule has 0 aliphatic heterocycles. The van der Waals surface area contributed by atoms with Crippen LogP contribution in [0.2, 0.25) is 0 Å². The maximum atomic E-state index is 5.38. The molecule has 244 valence electrons. The van der Waals surface area contributed by atoms with E-state index < -0.39 is 0 Å². The topological polar surface area (TPSA) is 16.1 Å². The highest BCUT2D eigenvalue weighted by atomic mass is 32.1. The van der Waals surface area contributed by atoms with Crippen LogP contribution in [0.1, 0.15) is 0 Å². The van der Waals surface area contributed by atoms with Gasteiger partial charge in [0.2, 0.25) is 0 Å². The summed E-state index contributed by atoms with van der Waals surface area (Å²) >= 11 is 1.87. The summed E-state index contributed by atoms with van der Waals surface area (Å²) in [6.45, 7) is 0. The van der Waals surface area contributed by atoms with Crippen molar-refractivity contribution in [3.63, 3.8) is 0 Å². The fraction of sp³-hybridized carbons (Fsp3) is 0. The zero-order chi connectivity index (χ0) is 34.4. The molecule has 2 nitrogen and oxygen atoms in total. The molecule has 0 N–H and O–H groups in total. The largest absolute Gasteiger partial charge is 0.309 e. The molecule has 0 amide bonds. The highest BCUT2D eigenvalue weighted by molar-refractivity contribution is 7.26. The number of pyridine rings is 1. The summed E-state index contributed by atoms with van der Waals surface area (Å²) in [5.41, 5.74) is 11.1. The molecule has 0 saturated carbocycles. The number of hydrogen-bond donors (Lipinski definition) is 0. The van der Waals surface area contributed by atoms with Crippen LogP contribution in [-0.2, 0) is 0 Å². The molecule has 10 rings (SSSR count). The normalized spacial score (nSPS) is 11.5. The van der Waals surface area contributed by atoms with Gasteiger partial charge in [0.25, 0.3) is 0 Å².